The molecule has 1 aromatic rings. The Kier molecular flexibility index (Phi) is 3.43. The first-order valence-corrected chi connectivity index (χ1v) is 6.02. The summed E-state index contributed by atoms with van der Waals surface area (Å²) in [5, 5.41) is 0. The number of hydrogen-bond acceptors (Lipinski definition) is 3. The Bertz CT molecular complexity index is 381. The molecule has 1 fully saturated rings. The molecule has 1 saturated carbocycles. The van der Waals surface area contributed by atoms with Gasteiger partial charge < -0.3 is 10.6 Å². The van der Waals surface area contributed by atoms with Gasteiger partial charge in [-0.3, -0.25) is 9.78 Å². The minimum atomic E-state index is 0.0258. The lowest BCUT2D eigenvalue weighted by Crippen LogP contribution is -2.47. The number of nitrogens with zero attached hydrogens (tertiary/aromatic N) is 2. The zero-order chi connectivity index (χ0) is 12.3. The molecule has 92 valence electrons. The molecular formula is C13H19N3O. The second-order valence-electron chi connectivity index (χ2n) is 4.96. The fourth-order valence-electron chi connectivity index (χ4n) is 2.39. The summed E-state index contributed by atoms with van der Waals surface area (Å²) in [5.74, 6) is 0.0258. The van der Waals surface area contributed by atoms with Gasteiger partial charge in [0.2, 0.25) is 0 Å². The number of carbonyl (C=O) groups excluding carboxylic acids is 1. The van der Waals surface area contributed by atoms with Crippen molar-refractivity contribution >= 4 is 5.91 Å². The van der Waals surface area contributed by atoms with E-state index in [2.05, 4.69) is 4.98 Å². The highest BCUT2D eigenvalue weighted by molar-refractivity contribution is 5.93. The molecular weight excluding hydrogens is 214 g/mol. The van der Waals surface area contributed by atoms with Crippen LogP contribution in [0, 0.1) is 5.41 Å². The molecule has 1 aromatic heterocycles. The van der Waals surface area contributed by atoms with Crippen molar-refractivity contribution < 1.29 is 4.79 Å². The van der Waals surface area contributed by atoms with E-state index in [0.29, 0.717) is 12.1 Å². The molecule has 2 N–H and O–H groups in total. The van der Waals surface area contributed by atoms with E-state index in [-0.39, 0.29) is 11.3 Å². The van der Waals surface area contributed by atoms with Gasteiger partial charge in [0, 0.05) is 31.4 Å². The fourth-order valence-corrected chi connectivity index (χ4v) is 2.39. The molecule has 2 rings (SSSR count). The molecule has 0 unspecified atom stereocenters. The first-order chi connectivity index (χ1) is 8.17. The van der Waals surface area contributed by atoms with Gasteiger partial charge in [0.1, 0.15) is 0 Å². The largest absolute Gasteiger partial charge is 0.341 e. The van der Waals surface area contributed by atoms with Crippen LogP contribution in [0.25, 0.3) is 0 Å². The van der Waals surface area contributed by atoms with Crippen molar-refractivity contribution in [3.8, 4) is 0 Å². The summed E-state index contributed by atoms with van der Waals surface area (Å²) < 4.78 is 0. The molecule has 0 atom stereocenters. The van der Waals surface area contributed by atoms with Gasteiger partial charge in [0.05, 0.1) is 5.56 Å². The maximum absolute atomic E-state index is 12.1. The van der Waals surface area contributed by atoms with Crippen molar-refractivity contribution in [1.82, 2.24) is 9.88 Å². The van der Waals surface area contributed by atoms with Crippen LogP contribution >= 0.6 is 0 Å². The summed E-state index contributed by atoms with van der Waals surface area (Å²) in [6, 6.07) is 3.57. The number of rotatable bonds is 4. The molecule has 0 aliphatic heterocycles. The summed E-state index contributed by atoms with van der Waals surface area (Å²) in [6.45, 7) is 1.41. The number of amides is 1. The summed E-state index contributed by atoms with van der Waals surface area (Å²) in [5.41, 5.74) is 6.61. The molecule has 1 amide bonds. The van der Waals surface area contributed by atoms with Crippen LogP contribution in [0.15, 0.2) is 24.5 Å². The highest BCUT2D eigenvalue weighted by atomic mass is 16.2. The van der Waals surface area contributed by atoms with E-state index in [1.54, 1.807) is 29.4 Å². The zero-order valence-corrected chi connectivity index (χ0v) is 10.2. The van der Waals surface area contributed by atoms with Gasteiger partial charge >= 0.3 is 0 Å². The SMILES string of the molecule is CN(CC1(CN)CCC1)C(=O)c1cccnc1. The van der Waals surface area contributed by atoms with E-state index in [4.69, 9.17) is 5.73 Å². The quantitative estimate of drug-likeness (QED) is 0.852. The Balaban J connectivity index is 2.01. The Labute approximate surface area is 102 Å². The molecule has 17 heavy (non-hydrogen) atoms. The maximum atomic E-state index is 12.1. The van der Waals surface area contributed by atoms with E-state index in [1.165, 1.54) is 6.42 Å². The first kappa shape index (κ1) is 12.0. The van der Waals surface area contributed by atoms with Crippen molar-refractivity contribution in [2.45, 2.75) is 19.3 Å². The van der Waals surface area contributed by atoms with E-state index in [9.17, 15) is 4.79 Å². The average molecular weight is 233 g/mol. The normalized spacial score (nSPS) is 17.3. The van der Waals surface area contributed by atoms with Gasteiger partial charge in [-0.1, -0.05) is 6.42 Å². The van der Waals surface area contributed by atoms with Crippen LogP contribution in [0.4, 0.5) is 0 Å². The maximum Gasteiger partial charge on any atom is 0.255 e. The number of aromatic nitrogens is 1. The van der Waals surface area contributed by atoms with Gasteiger partial charge in [0.25, 0.3) is 5.91 Å². The molecule has 1 heterocycles. The second kappa shape index (κ2) is 4.84. The third-order valence-electron chi connectivity index (χ3n) is 3.67. The number of carbonyl (C=O) groups is 1. The van der Waals surface area contributed by atoms with Gasteiger partial charge in [-0.15, -0.1) is 0 Å². The van der Waals surface area contributed by atoms with Crippen LogP contribution in [0.1, 0.15) is 29.6 Å². The third kappa shape index (κ3) is 2.47. The van der Waals surface area contributed by atoms with Crippen LogP contribution < -0.4 is 5.73 Å². The fraction of sp³-hybridized carbons (Fsp3) is 0.538. The molecule has 4 nitrogen and oxygen atoms in total. The molecule has 1 aliphatic carbocycles. The molecule has 0 spiro atoms. The molecule has 4 heteroatoms. The van der Waals surface area contributed by atoms with Gasteiger partial charge in [-0.2, -0.15) is 0 Å². The smallest absolute Gasteiger partial charge is 0.255 e. The van der Waals surface area contributed by atoms with Crippen molar-refractivity contribution in [2.75, 3.05) is 20.1 Å². The molecule has 1 aliphatic rings. The molecule has 0 radical (unpaired) electrons. The molecule has 0 aromatic carbocycles. The molecule has 0 saturated heterocycles. The third-order valence-corrected chi connectivity index (χ3v) is 3.67. The summed E-state index contributed by atoms with van der Waals surface area (Å²) in [6.07, 6.45) is 6.77. The average Bonchev–Trinajstić information content (AvgIpc) is 2.33. The minimum Gasteiger partial charge on any atom is -0.341 e. The Morgan fingerprint density at radius 3 is 2.82 bits per heavy atom. The monoisotopic (exact) mass is 233 g/mol. The highest BCUT2D eigenvalue weighted by Gasteiger charge is 2.37. The highest BCUT2D eigenvalue weighted by Crippen LogP contribution is 2.40. The van der Waals surface area contributed by atoms with Crippen molar-refractivity contribution in [2.24, 2.45) is 11.1 Å². The lowest BCUT2D eigenvalue weighted by atomic mass is 9.68. The molecule has 0 bridgehead atoms. The van der Waals surface area contributed by atoms with E-state index in [1.807, 2.05) is 7.05 Å². The van der Waals surface area contributed by atoms with Gasteiger partial charge in [-0.25, -0.2) is 0 Å². The van der Waals surface area contributed by atoms with Crippen LogP contribution in [0.3, 0.4) is 0 Å². The minimum absolute atomic E-state index is 0.0258. The lowest BCUT2D eigenvalue weighted by molar-refractivity contribution is 0.0568. The van der Waals surface area contributed by atoms with E-state index in [0.717, 1.165) is 19.4 Å². The first-order valence-electron chi connectivity index (χ1n) is 6.02. The number of pyridine rings is 1. The summed E-state index contributed by atoms with van der Waals surface area (Å²) in [4.78, 5) is 17.9. The predicted molar refractivity (Wildman–Crippen MR) is 66.5 cm³/mol. The van der Waals surface area contributed by atoms with E-state index < -0.39 is 0 Å². The lowest BCUT2D eigenvalue weighted by Gasteiger charge is -2.43. The Hall–Kier alpha value is -1.42. The van der Waals surface area contributed by atoms with Crippen LogP contribution in [-0.2, 0) is 0 Å². The second-order valence-corrected chi connectivity index (χ2v) is 4.96. The summed E-state index contributed by atoms with van der Waals surface area (Å²) >= 11 is 0. The predicted octanol–water partition coefficient (Wildman–Crippen LogP) is 1.28. The summed E-state index contributed by atoms with van der Waals surface area (Å²) in [7, 11) is 1.84. The van der Waals surface area contributed by atoms with Crippen molar-refractivity contribution in [3.63, 3.8) is 0 Å². The Morgan fingerprint density at radius 2 is 2.35 bits per heavy atom. The topological polar surface area (TPSA) is 59.2 Å². The standard InChI is InChI=1S/C13H19N3O/c1-16(10-13(9-14)5-3-6-13)12(17)11-4-2-7-15-8-11/h2,4,7-8H,3,5-6,9-10,14H2,1H3. The number of hydrogen-bond donors (Lipinski definition) is 1. The van der Waals surface area contributed by atoms with Crippen LogP contribution in [0.5, 0.6) is 0 Å². The van der Waals surface area contributed by atoms with Crippen LogP contribution in [0.2, 0.25) is 0 Å². The van der Waals surface area contributed by atoms with E-state index >= 15 is 0 Å². The van der Waals surface area contributed by atoms with Crippen molar-refractivity contribution in [1.29, 1.82) is 0 Å². The van der Waals surface area contributed by atoms with Crippen molar-refractivity contribution in [3.05, 3.63) is 30.1 Å². The zero-order valence-electron chi connectivity index (χ0n) is 10.2. The van der Waals surface area contributed by atoms with Gasteiger partial charge in [0.15, 0.2) is 0 Å². The van der Waals surface area contributed by atoms with Crippen LogP contribution in [-0.4, -0.2) is 35.9 Å². The number of nitrogens with two attached hydrogens (primary N) is 1. The van der Waals surface area contributed by atoms with Gasteiger partial charge in [-0.05, 0) is 31.5 Å². The Morgan fingerprint density at radius 1 is 1.59 bits per heavy atom.